The van der Waals surface area contributed by atoms with Gasteiger partial charge in [0.25, 0.3) is 5.91 Å². The first-order valence-corrected chi connectivity index (χ1v) is 9.48. The molecule has 0 radical (unpaired) electrons. The van der Waals surface area contributed by atoms with Crippen molar-refractivity contribution in [2.24, 2.45) is 0 Å². The number of hydrogen-bond donors (Lipinski definition) is 0. The molecule has 2 aliphatic rings. The zero-order valence-electron chi connectivity index (χ0n) is 13.3. The molecule has 0 atom stereocenters. The van der Waals surface area contributed by atoms with Crippen molar-refractivity contribution in [3.05, 3.63) is 41.5 Å². The van der Waals surface area contributed by atoms with Gasteiger partial charge in [0, 0.05) is 24.8 Å². The minimum absolute atomic E-state index is 0.0398. The molecule has 0 unspecified atom stereocenters. The topological polar surface area (TPSA) is 51.0 Å². The largest absolute Gasteiger partial charge is 0.336 e. The van der Waals surface area contributed by atoms with Gasteiger partial charge in [-0.1, -0.05) is 11.3 Å². The Morgan fingerprint density at radius 2 is 2.12 bits per heavy atom. The molecule has 0 N–H and O–H groups in total. The van der Waals surface area contributed by atoms with Crippen molar-refractivity contribution in [3.8, 4) is 5.69 Å². The number of thioether (sulfide) groups is 1. The maximum absolute atomic E-state index is 13.6. The Labute approximate surface area is 144 Å². The van der Waals surface area contributed by atoms with Gasteiger partial charge in [-0.2, -0.15) is 11.8 Å². The highest BCUT2D eigenvalue weighted by atomic mass is 32.2. The van der Waals surface area contributed by atoms with Crippen LogP contribution in [0, 0.1) is 5.82 Å². The van der Waals surface area contributed by atoms with Crippen LogP contribution in [0.2, 0.25) is 0 Å². The molecule has 1 aliphatic carbocycles. The van der Waals surface area contributed by atoms with E-state index in [1.165, 1.54) is 12.1 Å². The van der Waals surface area contributed by atoms with E-state index in [9.17, 15) is 9.18 Å². The van der Waals surface area contributed by atoms with Crippen LogP contribution in [-0.2, 0) is 0 Å². The summed E-state index contributed by atoms with van der Waals surface area (Å²) in [6.45, 7) is 1.52. The third kappa shape index (κ3) is 3.05. The summed E-state index contributed by atoms with van der Waals surface area (Å²) in [6.07, 6.45) is 3.06. The average Bonchev–Trinajstić information content (AvgIpc) is 3.38. The lowest BCUT2D eigenvalue weighted by Crippen LogP contribution is -2.33. The van der Waals surface area contributed by atoms with E-state index < -0.39 is 0 Å². The van der Waals surface area contributed by atoms with E-state index in [1.807, 2.05) is 16.7 Å². The average molecular weight is 346 g/mol. The Balaban J connectivity index is 1.70. The van der Waals surface area contributed by atoms with Gasteiger partial charge in [0.2, 0.25) is 0 Å². The second-order valence-corrected chi connectivity index (χ2v) is 7.47. The van der Waals surface area contributed by atoms with Gasteiger partial charge in [-0.3, -0.25) is 4.79 Å². The summed E-state index contributed by atoms with van der Waals surface area (Å²) in [6, 6.07) is 6.27. The van der Waals surface area contributed by atoms with Gasteiger partial charge in [0.1, 0.15) is 5.82 Å². The summed E-state index contributed by atoms with van der Waals surface area (Å²) in [4.78, 5) is 14.8. The molecule has 0 bridgehead atoms. The van der Waals surface area contributed by atoms with Crippen LogP contribution in [0.15, 0.2) is 24.3 Å². The Bertz CT molecular complexity index is 751. The zero-order chi connectivity index (χ0) is 16.5. The molecule has 1 saturated carbocycles. The summed E-state index contributed by atoms with van der Waals surface area (Å²) in [5.74, 6) is 1.99. The van der Waals surface area contributed by atoms with Crippen LogP contribution in [0.1, 0.15) is 41.4 Å². The number of rotatable bonds is 3. The summed E-state index contributed by atoms with van der Waals surface area (Å²) in [5, 5.41) is 8.36. The minimum Gasteiger partial charge on any atom is -0.336 e. The van der Waals surface area contributed by atoms with E-state index in [-0.39, 0.29) is 11.7 Å². The van der Waals surface area contributed by atoms with E-state index in [1.54, 1.807) is 16.8 Å². The number of halogens is 1. The van der Waals surface area contributed by atoms with Crippen molar-refractivity contribution in [3.63, 3.8) is 0 Å². The number of benzene rings is 1. The predicted octanol–water partition coefficient (Wildman–Crippen LogP) is 2.86. The first-order chi connectivity index (χ1) is 11.7. The lowest BCUT2D eigenvalue weighted by atomic mass is 10.2. The van der Waals surface area contributed by atoms with Crippen LogP contribution < -0.4 is 0 Å². The molecule has 2 aromatic rings. The number of hydrogen-bond acceptors (Lipinski definition) is 4. The molecule has 1 aromatic heterocycles. The SMILES string of the molecule is O=C(c1nnn(-c2cccc(F)c2)c1C1CC1)N1CCCSCC1. The maximum atomic E-state index is 13.6. The van der Waals surface area contributed by atoms with Crippen LogP contribution >= 0.6 is 11.8 Å². The maximum Gasteiger partial charge on any atom is 0.276 e. The quantitative estimate of drug-likeness (QED) is 0.857. The molecule has 0 spiro atoms. The van der Waals surface area contributed by atoms with E-state index in [0.29, 0.717) is 17.3 Å². The van der Waals surface area contributed by atoms with E-state index >= 15 is 0 Å². The third-order valence-corrected chi connectivity index (χ3v) is 5.48. The van der Waals surface area contributed by atoms with Crippen molar-refractivity contribution < 1.29 is 9.18 Å². The summed E-state index contributed by atoms with van der Waals surface area (Å²) >= 11 is 1.88. The lowest BCUT2D eigenvalue weighted by Gasteiger charge is -2.19. The number of nitrogens with zero attached hydrogens (tertiary/aromatic N) is 4. The third-order valence-electron chi connectivity index (χ3n) is 4.43. The van der Waals surface area contributed by atoms with E-state index in [4.69, 9.17) is 0 Å². The Morgan fingerprint density at radius 3 is 2.92 bits per heavy atom. The zero-order valence-corrected chi connectivity index (χ0v) is 14.1. The van der Waals surface area contributed by atoms with Gasteiger partial charge in [0.05, 0.1) is 11.4 Å². The highest BCUT2D eigenvalue weighted by Gasteiger charge is 2.35. The minimum atomic E-state index is -0.317. The van der Waals surface area contributed by atoms with Gasteiger partial charge < -0.3 is 4.90 Å². The standard InChI is InChI=1S/C17H19FN4OS/c18-13-3-1-4-14(11-13)22-16(12-5-6-12)15(19-20-22)17(23)21-7-2-9-24-10-8-21/h1,3-4,11-12H,2,5-10H2. The number of carbonyl (C=O) groups is 1. The fourth-order valence-corrected chi connectivity index (χ4v) is 3.95. The molecular weight excluding hydrogens is 327 g/mol. The fourth-order valence-electron chi connectivity index (χ4n) is 3.06. The Morgan fingerprint density at radius 1 is 1.25 bits per heavy atom. The van der Waals surface area contributed by atoms with Gasteiger partial charge in [-0.25, -0.2) is 9.07 Å². The lowest BCUT2D eigenvalue weighted by molar-refractivity contribution is 0.0761. The molecule has 7 heteroatoms. The molecule has 1 aromatic carbocycles. The molecule has 126 valence electrons. The first-order valence-electron chi connectivity index (χ1n) is 8.32. The number of aromatic nitrogens is 3. The van der Waals surface area contributed by atoms with Crippen molar-refractivity contribution in [2.75, 3.05) is 24.6 Å². The van der Waals surface area contributed by atoms with E-state index in [0.717, 1.165) is 49.6 Å². The van der Waals surface area contributed by atoms with Crippen molar-refractivity contribution in [1.82, 2.24) is 19.9 Å². The highest BCUT2D eigenvalue weighted by molar-refractivity contribution is 7.99. The summed E-state index contributed by atoms with van der Waals surface area (Å²) in [7, 11) is 0. The molecular formula is C17H19FN4OS. The second-order valence-electron chi connectivity index (χ2n) is 6.25. The van der Waals surface area contributed by atoms with E-state index in [2.05, 4.69) is 10.3 Å². The Hall–Kier alpha value is -1.89. The molecule has 24 heavy (non-hydrogen) atoms. The van der Waals surface area contributed by atoms with Crippen LogP contribution in [0.25, 0.3) is 5.69 Å². The van der Waals surface area contributed by atoms with Gasteiger partial charge in [-0.05, 0) is 43.2 Å². The molecule has 2 fully saturated rings. The smallest absolute Gasteiger partial charge is 0.276 e. The van der Waals surface area contributed by atoms with Crippen LogP contribution in [0.4, 0.5) is 4.39 Å². The Kier molecular flexibility index (Phi) is 4.26. The molecule has 2 heterocycles. The van der Waals surface area contributed by atoms with Crippen LogP contribution in [-0.4, -0.2) is 50.4 Å². The molecule has 1 amide bonds. The fraction of sp³-hybridized carbons (Fsp3) is 0.471. The highest BCUT2D eigenvalue weighted by Crippen LogP contribution is 2.42. The first kappa shape index (κ1) is 15.6. The predicted molar refractivity (Wildman–Crippen MR) is 91.1 cm³/mol. The van der Waals surface area contributed by atoms with Crippen LogP contribution in [0.5, 0.6) is 0 Å². The summed E-state index contributed by atoms with van der Waals surface area (Å²) < 4.78 is 15.2. The monoisotopic (exact) mass is 346 g/mol. The van der Waals surface area contributed by atoms with Crippen molar-refractivity contribution >= 4 is 17.7 Å². The second kappa shape index (κ2) is 6.55. The normalized spacial score (nSPS) is 18.5. The van der Waals surface area contributed by atoms with Crippen LogP contribution in [0.3, 0.4) is 0 Å². The van der Waals surface area contributed by atoms with Crippen molar-refractivity contribution in [2.45, 2.75) is 25.2 Å². The summed E-state index contributed by atoms with van der Waals surface area (Å²) in [5.41, 5.74) is 1.89. The molecule has 1 saturated heterocycles. The molecule has 5 nitrogen and oxygen atoms in total. The van der Waals surface area contributed by atoms with Gasteiger partial charge in [0.15, 0.2) is 5.69 Å². The van der Waals surface area contributed by atoms with Crippen molar-refractivity contribution in [1.29, 1.82) is 0 Å². The molecule has 1 aliphatic heterocycles. The molecule has 4 rings (SSSR count). The van der Waals surface area contributed by atoms with Gasteiger partial charge in [-0.15, -0.1) is 5.10 Å². The number of amides is 1. The van der Waals surface area contributed by atoms with Gasteiger partial charge >= 0.3 is 0 Å². The number of carbonyl (C=O) groups excluding carboxylic acids is 1.